The molecule has 7 heteroatoms. The molecule has 3 aromatic carbocycles. The van der Waals surface area contributed by atoms with Crippen LogP contribution in [0.2, 0.25) is 0 Å². The molecule has 32 heavy (non-hydrogen) atoms. The predicted molar refractivity (Wildman–Crippen MR) is 127 cm³/mol. The number of nitrogens with zero attached hydrogens (tertiary/aromatic N) is 2. The monoisotopic (exact) mass is 447 g/mol. The van der Waals surface area contributed by atoms with Crippen molar-refractivity contribution in [2.45, 2.75) is 18.9 Å². The maximum absolute atomic E-state index is 13.3. The number of para-hydroxylation sites is 1. The predicted octanol–water partition coefficient (Wildman–Crippen LogP) is 4.40. The number of carbonyl (C=O) groups excluding carboxylic acids is 2. The summed E-state index contributed by atoms with van der Waals surface area (Å²) in [4.78, 5) is 28.9. The number of imide groups is 1. The van der Waals surface area contributed by atoms with Gasteiger partial charge < -0.3 is 10.2 Å². The number of hydrogen-bond donors (Lipinski definition) is 1. The van der Waals surface area contributed by atoms with Crippen LogP contribution in [-0.4, -0.2) is 34.4 Å². The van der Waals surface area contributed by atoms with Gasteiger partial charge in [-0.3, -0.25) is 9.59 Å². The van der Waals surface area contributed by atoms with Crippen molar-refractivity contribution in [1.82, 2.24) is 4.90 Å². The van der Waals surface area contributed by atoms with Gasteiger partial charge in [0.15, 0.2) is 5.11 Å². The van der Waals surface area contributed by atoms with Gasteiger partial charge in [0.1, 0.15) is 11.9 Å². The average molecular weight is 448 g/mol. The van der Waals surface area contributed by atoms with E-state index in [4.69, 9.17) is 12.2 Å². The molecular formula is C25H22FN3O2S. The molecule has 1 aliphatic rings. The lowest BCUT2D eigenvalue weighted by atomic mass is 10.1. The van der Waals surface area contributed by atoms with Crippen LogP contribution in [0.15, 0.2) is 84.9 Å². The Kier molecular flexibility index (Phi) is 6.56. The molecule has 162 valence electrons. The minimum absolute atomic E-state index is 0.00160. The highest BCUT2D eigenvalue weighted by atomic mass is 32.1. The first-order valence-electron chi connectivity index (χ1n) is 10.3. The number of thiocarbonyl (C=S) groups is 1. The van der Waals surface area contributed by atoms with Gasteiger partial charge in [0, 0.05) is 12.2 Å². The van der Waals surface area contributed by atoms with Crippen LogP contribution in [-0.2, 0) is 16.0 Å². The van der Waals surface area contributed by atoms with Crippen molar-refractivity contribution in [1.29, 1.82) is 0 Å². The molecule has 5 nitrogen and oxygen atoms in total. The number of hydrogen-bond acceptors (Lipinski definition) is 3. The standard InChI is InChI=1S/C25H22FN3O2S/c26-19-11-13-21(14-12-19)29-23(30)17-22(24(29)31)28(16-15-18-7-3-1-4-8-18)25(32)27-20-9-5-2-6-10-20/h1-14,22H,15-17H2,(H,27,32)/t22-/m1/s1. The normalized spacial score (nSPS) is 15.7. The van der Waals surface area contributed by atoms with E-state index in [0.717, 1.165) is 16.2 Å². The molecule has 0 unspecified atom stereocenters. The Bertz CT molecular complexity index is 1110. The van der Waals surface area contributed by atoms with Crippen molar-refractivity contribution in [2.75, 3.05) is 16.8 Å². The Hall–Kier alpha value is -3.58. The molecule has 0 bridgehead atoms. The van der Waals surface area contributed by atoms with Crippen LogP contribution >= 0.6 is 12.2 Å². The fraction of sp³-hybridized carbons (Fsp3) is 0.160. The van der Waals surface area contributed by atoms with Gasteiger partial charge in [-0.1, -0.05) is 48.5 Å². The largest absolute Gasteiger partial charge is 0.336 e. The smallest absolute Gasteiger partial charge is 0.257 e. The van der Waals surface area contributed by atoms with E-state index in [-0.39, 0.29) is 18.2 Å². The minimum Gasteiger partial charge on any atom is -0.336 e. The minimum atomic E-state index is -0.736. The van der Waals surface area contributed by atoms with Crippen molar-refractivity contribution in [3.63, 3.8) is 0 Å². The summed E-state index contributed by atoms with van der Waals surface area (Å²) in [7, 11) is 0. The van der Waals surface area contributed by atoms with Crippen molar-refractivity contribution in [3.8, 4) is 0 Å². The van der Waals surface area contributed by atoms with Crippen LogP contribution < -0.4 is 10.2 Å². The number of carbonyl (C=O) groups is 2. The van der Waals surface area contributed by atoms with E-state index < -0.39 is 11.9 Å². The average Bonchev–Trinajstić information content (AvgIpc) is 3.09. The van der Waals surface area contributed by atoms with Crippen LogP contribution in [0.5, 0.6) is 0 Å². The Labute approximate surface area is 191 Å². The first-order valence-corrected chi connectivity index (χ1v) is 10.7. The summed E-state index contributed by atoms with van der Waals surface area (Å²) in [5, 5.41) is 3.55. The zero-order valence-corrected chi connectivity index (χ0v) is 18.1. The van der Waals surface area contributed by atoms with Crippen molar-refractivity contribution >= 4 is 40.5 Å². The second kappa shape index (κ2) is 9.70. The molecule has 0 aromatic heterocycles. The molecule has 1 N–H and O–H groups in total. The third kappa shape index (κ3) is 4.84. The van der Waals surface area contributed by atoms with Crippen LogP contribution in [0.3, 0.4) is 0 Å². The zero-order valence-electron chi connectivity index (χ0n) is 17.3. The summed E-state index contributed by atoms with van der Waals surface area (Å²) in [5.41, 5.74) is 2.26. The van der Waals surface area contributed by atoms with E-state index in [2.05, 4.69) is 5.32 Å². The first-order chi connectivity index (χ1) is 15.5. The fourth-order valence-corrected chi connectivity index (χ4v) is 4.07. The third-order valence-corrected chi connectivity index (χ3v) is 5.69. The molecule has 1 heterocycles. The summed E-state index contributed by atoms with van der Waals surface area (Å²) in [5.74, 6) is -1.13. The molecular weight excluding hydrogens is 425 g/mol. The van der Waals surface area contributed by atoms with Gasteiger partial charge in [0.25, 0.3) is 5.91 Å². The van der Waals surface area contributed by atoms with E-state index >= 15 is 0 Å². The van der Waals surface area contributed by atoms with Gasteiger partial charge in [0.2, 0.25) is 5.91 Å². The van der Waals surface area contributed by atoms with E-state index in [1.54, 1.807) is 4.90 Å². The van der Waals surface area contributed by atoms with E-state index in [1.807, 2.05) is 60.7 Å². The van der Waals surface area contributed by atoms with E-state index in [1.165, 1.54) is 24.3 Å². The number of anilines is 2. The number of amides is 2. The summed E-state index contributed by atoms with van der Waals surface area (Å²) in [6, 6.07) is 23.9. The van der Waals surface area contributed by atoms with Gasteiger partial charge in [-0.25, -0.2) is 9.29 Å². The molecule has 1 aliphatic heterocycles. The van der Waals surface area contributed by atoms with E-state index in [9.17, 15) is 14.0 Å². The first kappa shape index (κ1) is 21.6. The molecule has 1 saturated heterocycles. The van der Waals surface area contributed by atoms with Gasteiger partial charge in [0.05, 0.1) is 12.1 Å². The van der Waals surface area contributed by atoms with Crippen LogP contribution in [0, 0.1) is 5.82 Å². The van der Waals surface area contributed by atoms with Crippen LogP contribution in [0.25, 0.3) is 0 Å². The molecule has 0 spiro atoms. The highest BCUT2D eigenvalue weighted by molar-refractivity contribution is 7.80. The summed E-state index contributed by atoms with van der Waals surface area (Å²) in [6.45, 7) is 0.462. The SMILES string of the molecule is O=C1C[C@@H](N(CCc2ccccc2)C(=S)Nc2ccccc2)C(=O)N1c1ccc(F)cc1. The molecule has 0 saturated carbocycles. The van der Waals surface area contributed by atoms with Crippen LogP contribution in [0.4, 0.5) is 15.8 Å². The van der Waals surface area contributed by atoms with Gasteiger partial charge in [-0.15, -0.1) is 0 Å². The molecule has 4 rings (SSSR count). The fourth-order valence-electron chi connectivity index (χ4n) is 3.73. The third-order valence-electron chi connectivity index (χ3n) is 5.35. The maximum Gasteiger partial charge on any atom is 0.257 e. The second-order valence-electron chi connectivity index (χ2n) is 7.49. The van der Waals surface area contributed by atoms with Gasteiger partial charge in [-0.2, -0.15) is 0 Å². The number of benzene rings is 3. The van der Waals surface area contributed by atoms with Crippen molar-refractivity contribution < 1.29 is 14.0 Å². The second-order valence-corrected chi connectivity index (χ2v) is 7.88. The van der Waals surface area contributed by atoms with Crippen molar-refractivity contribution in [3.05, 3.63) is 96.3 Å². The topological polar surface area (TPSA) is 52.7 Å². The Morgan fingerprint density at radius 2 is 1.59 bits per heavy atom. The Morgan fingerprint density at radius 1 is 0.969 bits per heavy atom. The summed E-state index contributed by atoms with van der Waals surface area (Å²) >= 11 is 5.66. The van der Waals surface area contributed by atoms with Gasteiger partial charge >= 0.3 is 0 Å². The molecule has 1 atom stereocenters. The lowest BCUT2D eigenvalue weighted by molar-refractivity contribution is -0.122. The van der Waals surface area contributed by atoms with E-state index in [0.29, 0.717) is 23.8 Å². The number of nitrogens with one attached hydrogen (secondary N) is 1. The Balaban J connectivity index is 1.58. The molecule has 1 fully saturated rings. The zero-order chi connectivity index (χ0) is 22.5. The highest BCUT2D eigenvalue weighted by Gasteiger charge is 2.43. The quantitative estimate of drug-likeness (QED) is 0.448. The van der Waals surface area contributed by atoms with Crippen molar-refractivity contribution in [2.24, 2.45) is 0 Å². The number of halogens is 1. The van der Waals surface area contributed by atoms with Gasteiger partial charge in [-0.05, 0) is 60.6 Å². The number of rotatable bonds is 6. The lowest BCUT2D eigenvalue weighted by Crippen LogP contribution is -2.48. The Morgan fingerprint density at radius 3 is 2.25 bits per heavy atom. The molecule has 0 aliphatic carbocycles. The van der Waals surface area contributed by atoms with Crippen LogP contribution in [0.1, 0.15) is 12.0 Å². The lowest BCUT2D eigenvalue weighted by Gasteiger charge is -2.30. The molecule has 3 aromatic rings. The highest BCUT2D eigenvalue weighted by Crippen LogP contribution is 2.27. The molecule has 0 radical (unpaired) electrons. The summed E-state index contributed by atoms with van der Waals surface area (Å²) in [6.07, 6.45) is 0.660. The summed E-state index contributed by atoms with van der Waals surface area (Å²) < 4.78 is 13.3. The molecule has 2 amide bonds. The maximum atomic E-state index is 13.3.